The summed E-state index contributed by atoms with van der Waals surface area (Å²) < 4.78 is 10.3. The fraction of sp³-hybridized carbons (Fsp3) is 0.200. The lowest BCUT2D eigenvalue weighted by molar-refractivity contribution is -0.125. The molecule has 2 aliphatic heterocycles. The number of morpholine rings is 1. The summed E-state index contributed by atoms with van der Waals surface area (Å²) in [4.78, 5) is 43.2. The van der Waals surface area contributed by atoms with E-state index in [1.807, 2.05) is 0 Å². The number of anilines is 2. The van der Waals surface area contributed by atoms with Crippen LogP contribution < -0.4 is 15.1 Å². The lowest BCUT2D eigenvalue weighted by Gasteiger charge is -2.27. The summed E-state index contributed by atoms with van der Waals surface area (Å²) in [6.45, 7) is 1.19. The summed E-state index contributed by atoms with van der Waals surface area (Å²) in [6.07, 6.45) is 2.14. The quantitative estimate of drug-likeness (QED) is 0.750. The van der Waals surface area contributed by atoms with Crippen molar-refractivity contribution < 1.29 is 23.9 Å². The number of pyridine rings is 1. The summed E-state index contributed by atoms with van der Waals surface area (Å²) in [5.41, 5.74) is 1.67. The van der Waals surface area contributed by atoms with E-state index in [4.69, 9.17) is 21.1 Å². The Morgan fingerprint density at radius 3 is 2.50 bits per heavy atom. The van der Waals surface area contributed by atoms with Gasteiger partial charge in [-0.15, -0.1) is 0 Å². The van der Waals surface area contributed by atoms with Gasteiger partial charge in [0.05, 0.1) is 18.7 Å². The number of rotatable bonds is 4. The second-order valence-corrected chi connectivity index (χ2v) is 6.91. The van der Waals surface area contributed by atoms with Gasteiger partial charge < -0.3 is 19.7 Å². The van der Waals surface area contributed by atoms with E-state index in [0.717, 1.165) is 5.69 Å². The van der Waals surface area contributed by atoms with Crippen molar-refractivity contribution in [1.29, 1.82) is 0 Å². The van der Waals surface area contributed by atoms with Crippen LogP contribution in [-0.4, -0.2) is 49.2 Å². The Kier molecular flexibility index (Phi) is 5.64. The van der Waals surface area contributed by atoms with Gasteiger partial charge in [-0.1, -0.05) is 11.6 Å². The van der Waals surface area contributed by atoms with Gasteiger partial charge in [-0.2, -0.15) is 0 Å². The number of nitrogens with one attached hydrogen (secondary N) is 1. The third-order valence-electron chi connectivity index (χ3n) is 4.57. The van der Waals surface area contributed by atoms with Crippen LogP contribution in [0.3, 0.4) is 0 Å². The third kappa shape index (κ3) is 4.27. The molecular weight excluding hydrogens is 412 g/mol. The Labute approximate surface area is 176 Å². The number of halogens is 1. The minimum Gasteiger partial charge on any atom is -0.411 e. The van der Waals surface area contributed by atoms with Gasteiger partial charge in [0.25, 0.3) is 11.8 Å². The van der Waals surface area contributed by atoms with E-state index >= 15 is 0 Å². The van der Waals surface area contributed by atoms with E-state index in [1.54, 1.807) is 29.2 Å². The van der Waals surface area contributed by atoms with Crippen LogP contribution in [0.25, 0.3) is 0 Å². The number of benzene rings is 1. The lowest BCUT2D eigenvalue weighted by Crippen LogP contribution is -2.41. The molecule has 30 heavy (non-hydrogen) atoms. The standard InChI is InChI=1S/C20H17ClN4O5/c21-17-6-1-13(9-22-17)19(27)23-10-16-11-25(20(28)30-16)15-4-2-14(3-5-15)24-7-8-29-12-18(24)26/h1-6,9-10H,7-8,11-12H2,(H,23,27)/b16-10-. The first-order valence-corrected chi connectivity index (χ1v) is 9.48. The van der Waals surface area contributed by atoms with Crippen LogP contribution in [0, 0.1) is 0 Å². The Bertz CT molecular complexity index is 1010. The summed E-state index contributed by atoms with van der Waals surface area (Å²) in [6, 6.07) is 10.1. The van der Waals surface area contributed by atoms with E-state index in [9.17, 15) is 14.4 Å². The Morgan fingerprint density at radius 2 is 1.83 bits per heavy atom. The van der Waals surface area contributed by atoms with E-state index in [1.165, 1.54) is 29.4 Å². The molecule has 0 saturated carbocycles. The maximum atomic E-state index is 12.2. The summed E-state index contributed by atoms with van der Waals surface area (Å²) in [7, 11) is 0. The molecule has 9 nitrogen and oxygen atoms in total. The van der Waals surface area contributed by atoms with Crippen molar-refractivity contribution in [3.63, 3.8) is 0 Å². The molecule has 4 rings (SSSR count). The van der Waals surface area contributed by atoms with Crippen molar-refractivity contribution in [3.05, 3.63) is 65.3 Å². The highest BCUT2D eigenvalue weighted by Crippen LogP contribution is 2.26. The first-order chi connectivity index (χ1) is 14.5. The van der Waals surface area contributed by atoms with Gasteiger partial charge in [0, 0.05) is 30.3 Å². The van der Waals surface area contributed by atoms with Crippen LogP contribution in [0.2, 0.25) is 5.15 Å². The average Bonchev–Trinajstić information content (AvgIpc) is 3.13. The molecule has 1 aromatic heterocycles. The highest BCUT2D eigenvalue weighted by molar-refractivity contribution is 6.29. The van der Waals surface area contributed by atoms with Crippen molar-refractivity contribution in [1.82, 2.24) is 10.3 Å². The van der Waals surface area contributed by atoms with Crippen molar-refractivity contribution in [2.45, 2.75) is 0 Å². The Morgan fingerprint density at radius 1 is 1.10 bits per heavy atom. The maximum Gasteiger partial charge on any atom is 0.419 e. The molecule has 2 aliphatic rings. The van der Waals surface area contributed by atoms with Crippen molar-refractivity contribution in [3.8, 4) is 0 Å². The second kappa shape index (κ2) is 8.52. The van der Waals surface area contributed by atoms with Gasteiger partial charge in [0.15, 0.2) is 0 Å². The molecule has 0 spiro atoms. The van der Waals surface area contributed by atoms with Gasteiger partial charge in [0.1, 0.15) is 17.5 Å². The molecule has 0 atom stereocenters. The van der Waals surface area contributed by atoms with Crippen LogP contribution in [0.15, 0.2) is 54.6 Å². The molecule has 3 amide bonds. The number of aromatic nitrogens is 1. The van der Waals surface area contributed by atoms with Crippen LogP contribution in [0.5, 0.6) is 0 Å². The van der Waals surface area contributed by atoms with Crippen LogP contribution in [0.4, 0.5) is 16.2 Å². The van der Waals surface area contributed by atoms with Crippen molar-refractivity contribution in [2.75, 3.05) is 36.1 Å². The Balaban J connectivity index is 1.40. The van der Waals surface area contributed by atoms with Crippen molar-refractivity contribution >= 4 is 40.9 Å². The molecule has 1 aromatic carbocycles. The number of hydrogen-bond acceptors (Lipinski definition) is 6. The fourth-order valence-electron chi connectivity index (χ4n) is 3.03. The number of carbonyl (C=O) groups excluding carboxylic acids is 3. The number of amides is 3. The second-order valence-electron chi connectivity index (χ2n) is 6.52. The molecule has 0 radical (unpaired) electrons. The predicted molar refractivity (Wildman–Crippen MR) is 108 cm³/mol. The van der Waals surface area contributed by atoms with Crippen LogP contribution in [-0.2, 0) is 14.3 Å². The number of carbonyl (C=O) groups is 3. The Hall–Kier alpha value is -3.43. The fourth-order valence-corrected chi connectivity index (χ4v) is 3.15. The number of nitrogens with zero attached hydrogens (tertiary/aromatic N) is 3. The number of hydrogen-bond donors (Lipinski definition) is 1. The van der Waals surface area contributed by atoms with Crippen LogP contribution >= 0.6 is 11.6 Å². The van der Waals surface area contributed by atoms with Crippen LogP contribution in [0.1, 0.15) is 10.4 Å². The zero-order valence-corrected chi connectivity index (χ0v) is 16.5. The van der Waals surface area contributed by atoms with E-state index < -0.39 is 12.0 Å². The maximum absolute atomic E-state index is 12.2. The molecule has 10 heteroatoms. The monoisotopic (exact) mass is 428 g/mol. The molecular formula is C20H17ClN4O5. The van der Waals surface area contributed by atoms with Gasteiger partial charge in [-0.25, -0.2) is 9.78 Å². The topological polar surface area (TPSA) is 101 Å². The first-order valence-electron chi connectivity index (χ1n) is 9.10. The average molecular weight is 429 g/mol. The largest absolute Gasteiger partial charge is 0.419 e. The minimum absolute atomic E-state index is 0.0617. The molecule has 2 aromatic rings. The molecule has 3 heterocycles. The molecule has 1 N–H and O–H groups in total. The normalized spacial score (nSPS) is 18.0. The molecule has 0 bridgehead atoms. The summed E-state index contributed by atoms with van der Waals surface area (Å²) >= 11 is 5.71. The highest BCUT2D eigenvalue weighted by atomic mass is 35.5. The van der Waals surface area contributed by atoms with E-state index in [2.05, 4.69) is 10.3 Å². The van der Waals surface area contributed by atoms with Gasteiger partial charge in [0.2, 0.25) is 0 Å². The molecule has 0 unspecified atom stereocenters. The van der Waals surface area contributed by atoms with Gasteiger partial charge in [-0.3, -0.25) is 14.5 Å². The first kappa shape index (κ1) is 19.9. The minimum atomic E-state index is -0.557. The van der Waals surface area contributed by atoms with Crippen molar-refractivity contribution in [2.24, 2.45) is 0 Å². The van der Waals surface area contributed by atoms with Gasteiger partial charge >= 0.3 is 6.09 Å². The summed E-state index contributed by atoms with van der Waals surface area (Å²) in [5.74, 6) is -0.213. The number of ether oxygens (including phenoxy) is 2. The zero-order chi connectivity index (χ0) is 21.1. The van der Waals surface area contributed by atoms with Gasteiger partial charge in [-0.05, 0) is 36.4 Å². The lowest BCUT2D eigenvalue weighted by atomic mass is 10.2. The molecule has 0 aliphatic carbocycles. The highest BCUT2D eigenvalue weighted by Gasteiger charge is 2.29. The summed E-state index contributed by atoms with van der Waals surface area (Å²) in [5, 5.41) is 2.85. The third-order valence-corrected chi connectivity index (χ3v) is 4.79. The SMILES string of the molecule is O=C(N/C=C1/CN(c2ccc(N3CCOCC3=O)cc2)C(=O)O1)c1ccc(Cl)nc1. The number of cyclic esters (lactones) is 1. The van der Waals surface area contributed by atoms with E-state index in [-0.39, 0.29) is 24.2 Å². The zero-order valence-electron chi connectivity index (χ0n) is 15.7. The molecule has 2 saturated heterocycles. The predicted octanol–water partition coefficient (Wildman–Crippen LogP) is 2.33. The molecule has 2 fully saturated rings. The smallest absolute Gasteiger partial charge is 0.411 e. The molecule has 154 valence electrons. The van der Waals surface area contributed by atoms with E-state index in [0.29, 0.717) is 30.2 Å².